The molecule has 0 spiro atoms. The standard InChI is InChI=1S/C11H12ClN3OS/c1-6-5-17-9(8(6)12)11-14-10(15-16-11)7-3-2-4-13-7/h5,7,13H,2-4H2,1H3. The zero-order valence-electron chi connectivity index (χ0n) is 9.36. The molecule has 1 N–H and O–H groups in total. The first-order valence-electron chi connectivity index (χ1n) is 5.56. The first kappa shape index (κ1) is 11.2. The molecular weight excluding hydrogens is 258 g/mol. The smallest absolute Gasteiger partial charge is 0.269 e. The minimum absolute atomic E-state index is 0.229. The molecule has 0 radical (unpaired) electrons. The van der Waals surface area contributed by atoms with Crippen molar-refractivity contribution in [3.05, 3.63) is 21.8 Å². The van der Waals surface area contributed by atoms with Crippen LogP contribution in [0.25, 0.3) is 10.8 Å². The summed E-state index contributed by atoms with van der Waals surface area (Å²) in [5.41, 5.74) is 1.05. The lowest BCUT2D eigenvalue weighted by Gasteiger charge is -2.01. The van der Waals surface area contributed by atoms with Gasteiger partial charge in [0.15, 0.2) is 5.82 Å². The Morgan fingerprint density at radius 2 is 2.47 bits per heavy atom. The molecule has 90 valence electrons. The molecule has 0 saturated carbocycles. The van der Waals surface area contributed by atoms with E-state index in [9.17, 15) is 0 Å². The molecule has 6 heteroatoms. The van der Waals surface area contributed by atoms with E-state index >= 15 is 0 Å². The van der Waals surface area contributed by atoms with Crippen LogP contribution in [-0.4, -0.2) is 16.7 Å². The van der Waals surface area contributed by atoms with Gasteiger partial charge in [-0.2, -0.15) is 4.98 Å². The minimum Gasteiger partial charge on any atom is -0.333 e. The van der Waals surface area contributed by atoms with Crippen LogP contribution in [0.4, 0.5) is 0 Å². The van der Waals surface area contributed by atoms with Crippen LogP contribution < -0.4 is 5.32 Å². The van der Waals surface area contributed by atoms with Gasteiger partial charge in [0.1, 0.15) is 4.88 Å². The Kier molecular flexibility index (Phi) is 2.90. The van der Waals surface area contributed by atoms with Crippen molar-refractivity contribution >= 4 is 22.9 Å². The molecule has 0 bridgehead atoms. The fourth-order valence-electron chi connectivity index (χ4n) is 1.95. The monoisotopic (exact) mass is 269 g/mol. The highest BCUT2D eigenvalue weighted by Gasteiger charge is 2.23. The average Bonchev–Trinajstić information content (AvgIpc) is 3.01. The van der Waals surface area contributed by atoms with E-state index in [1.165, 1.54) is 11.3 Å². The Bertz CT molecular complexity index is 531. The molecule has 1 atom stereocenters. The Hall–Kier alpha value is -0.910. The van der Waals surface area contributed by atoms with Crippen LogP contribution in [0.3, 0.4) is 0 Å². The summed E-state index contributed by atoms with van der Waals surface area (Å²) in [7, 11) is 0. The minimum atomic E-state index is 0.229. The van der Waals surface area contributed by atoms with E-state index in [2.05, 4.69) is 15.5 Å². The number of hydrogen-bond donors (Lipinski definition) is 1. The van der Waals surface area contributed by atoms with E-state index in [-0.39, 0.29) is 6.04 Å². The second kappa shape index (κ2) is 4.40. The Morgan fingerprint density at radius 3 is 3.12 bits per heavy atom. The van der Waals surface area contributed by atoms with Gasteiger partial charge in [-0.1, -0.05) is 16.8 Å². The third-order valence-electron chi connectivity index (χ3n) is 2.91. The SMILES string of the molecule is Cc1csc(-c2nc(C3CCCN3)no2)c1Cl. The largest absolute Gasteiger partial charge is 0.333 e. The third kappa shape index (κ3) is 1.99. The van der Waals surface area contributed by atoms with Gasteiger partial charge in [0.25, 0.3) is 5.89 Å². The van der Waals surface area contributed by atoms with Crippen LogP contribution in [0.1, 0.15) is 30.3 Å². The summed E-state index contributed by atoms with van der Waals surface area (Å²) >= 11 is 7.72. The van der Waals surface area contributed by atoms with Crippen molar-refractivity contribution in [3.63, 3.8) is 0 Å². The number of halogens is 1. The molecule has 1 unspecified atom stereocenters. The number of hydrogen-bond acceptors (Lipinski definition) is 5. The Balaban J connectivity index is 1.91. The molecule has 1 aliphatic heterocycles. The molecular formula is C11H12ClN3OS. The summed E-state index contributed by atoms with van der Waals surface area (Å²) in [5.74, 6) is 1.26. The van der Waals surface area contributed by atoms with Crippen LogP contribution in [0.5, 0.6) is 0 Å². The van der Waals surface area contributed by atoms with Crippen molar-refractivity contribution in [2.45, 2.75) is 25.8 Å². The van der Waals surface area contributed by atoms with Gasteiger partial charge in [-0.25, -0.2) is 0 Å². The lowest BCUT2D eigenvalue weighted by Crippen LogP contribution is -2.14. The lowest BCUT2D eigenvalue weighted by atomic mass is 10.2. The quantitative estimate of drug-likeness (QED) is 0.910. The van der Waals surface area contributed by atoms with E-state index in [4.69, 9.17) is 16.1 Å². The summed E-state index contributed by atoms with van der Waals surface area (Å²) in [6.07, 6.45) is 2.23. The predicted molar refractivity (Wildman–Crippen MR) is 67.3 cm³/mol. The van der Waals surface area contributed by atoms with E-state index in [1.54, 1.807) is 0 Å². The van der Waals surface area contributed by atoms with Crippen molar-refractivity contribution in [2.75, 3.05) is 6.54 Å². The van der Waals surface area contributed by atoms with Crippen LogP contribution in [0.2, 0.25) is 5.02 Å². The molecule has 0 amide bonds. The summed E-state index contributed by atoms with van der Waals surface area (Å²) in [4.78, 5) is 5.28. The van der Waals surface area contributed by atoms with Crippen molar-refractivity contribution in [2.24, 2.45) is 0 Å². The van der Waals surface area contributed by atoms with Gasteiger partial charge >= 0.3 is 0 Å². The topological polar surface area (TPSA) is 51.0 Å². The first-order chi connectivity index (χ1) is 8.25. The average molecular weight is 270 g/mol. The Morgan fingerprint density at radius 1 is 1.59 bits per heavy atom. The number of nitrogens with zero attached hydrogens (tertiary/aromatic N) is 2. The van der Waals surface area contributed by atoms with Crippen LogP contribution in [0.15, 0.2) is 9.90 Å². The summed E-state index contributed by atoms with van der Waals surface area (Å²) < 4.78 is 5.28. The van der Waals surface area contributed by atoms with Crippen molar-refractivity contribution in [3.8, 4) is 10.8 Å². The van der Waals surface area contributed by atoms with Gasteiger partial charge in [-0.3, -0.25) is 0 Å². The van der Waals surface area contributed by atoms with Gasteiger partial charge < -0.3 is 9.84 Å². The molecule has 0 aliphatic carbocycles. The van der Waals surface area contributed by atoms with E-state index in [0.29, 0.717) is 10.9 Å². The highest BCUT2D eigenvalue weighted by molar-refractivity contribution is 7.14. The first-order valence-corrected chi connectivity index (χ1v) is 6.82. The zero-order valence-corrected chi connectivity index (χ0v) is 10.9. The fourth-order valence-corrected chi connectivity index (χ4v) is 3.14. The number of rotatable bonds is 2. The second-order valence-electron chi connectivity index (χ2n) is 4.17. The fraction of sp³-hybridized carbons (Fsp3) is 0.455. The van der Waals surface area contributed by atoms with Crippen LogP contribution >= 0.6 is 22.9 Å². The summed E-state index contributed by atoms with van der Waals surface area (Å²) in [6, 6.07) is 0.229. The molecule has 1 fully saturated rings. The van der Waals surface area contributed by atoms with Crippen LogP contribution in [-0.2, 0) is 0 Å². The molecule has 17 heavy (non-hydrogen) atoms. The maximum atomic E-state index is 6.18. The second-order valence-corrected chi connectivity index (χ2v) is 5.43. The number of nitrogens with one attached hydrogen (secondary N) is 1. The van der Waals surface area contributed by atoms with E-state index in [0.717, 1.165) is 35.7 Å². The number of aryl methyl sites for hydroxylation is 1. The zero-order chi connectivity index (χ0) is 11.8. The van der Waals surface area contributed by atoms with E-state index in [1.807, 2.05) is 12.3 Å². The molecule has 0 aromatic carbocycles. The summed E-state index contributed by atoms with van der Waals surface area (Å²) in [6.45, 7) is 2.99. The molecule has 1 aliphatic rings. The van der Waals surface area contributed by atoms with Crippen molar-refractivity contribution in [1.82, 2.24) is 15.5 Å². The summed E-state index contributed by atoms with van der Waals surface area (Å²) in [5, 5.41) is 10.1. The highest BCUT2D eigenvalue weighted by atomic mass is 35.5. The maximum absolute atomic E-state index is 6.18. The molecule has 2 aromatic heterocycles. The molecule has 2 aromatic rings. The Labute approximate surface area is 108 Å². The van der Waals surface area contributed by atoms with Crippen LogP contribution in [0, 0.1) is 6.92 Å². The lowest BCUT2D eigenvalue weighted by molar-refractivity contribution is 0.413. The van der Waals surface area contributed by atoms with E-state index < -0.39 is 0 Å². The third-order valence-corrected chi connectivity index (χ3v) is 4.59. The number of aromatic nitrogens is 2. The van der Waals surface area contributed by atoms with Crippen molar-refractivity contribution in [1.29, 1.82) is 0 Å². The van der Waals surface area contributed by atoms with Gasteiger partial charge in [-0.15, -0.1) is 11.3 Å². The molecule has 4 nitrogen and oxygen atoms in total. The number of thiophene rings is 1. The molecule has 1 saturated heterocycles. The van der Waals surface area contributed by atoms with Gasteiger partial charge in [0, 0.05) is 0 Å². The predicted octanol–water partition coefficient (Wildman–Crippen LogP) is 3.18. The van der Waals surface area contributed by atoms with Gasteiger partial charge in [0.05, 0.1) is 11.1 Å². The molecule has 3 heterocycles. The van der Waals surface area contributed by atoms with Gasteiger partial charge in [-0.05, 0) is 37.3 Å². The normalized spacial score (nSPS) is 20.0. The maximum Gasteiger partial charge on any atom is 0.269 e. The highest BCUT2D eigenvalue weighted by Crippen LogP contribution is 2.36. The van der Waals surface area contributed by atoms with Gasteiger partial charge in [0.2, 0.25) is 0 Å². The molecule has 3 rings (SSSR count). The van der Waals surface area contributed by atoms with Crippen molar-refractivity contribution < 1.29 is 4.52 Å².